The van der Waals surface area contributed by atoms with E-state index in [0.717, 1.165) is 28.2 Å². The lowest BCUT2D eigenvalue weighted by molar-refractivity contribution is -0.138. The first-order valence-electron chi connectivity index (χ1n) is 9.14. The average Bonchev–Trinajstić information content (AvgIpc) is 3.05. The Labute approximate surface area is 160 Å². The van der Waals surface area contributed by atoms with Crippen LogP contribution in [0.4, 0.5) is 18.0 Å². The van der Waals surface area contributed by atoms with Gasteiger partial charge in [-0.1, -0.05) is 36.4 Å². The first-order valence-corrected chi connectivity index (χ1v) is 9.14. The summed E-state index contributed by atoms with van der Waals surface area (Å²) >= 11 is 0. The number of alkyl halides is 3. The zero-order valence-electron chi connectivity index (χ0n) is 15.3. The Bertz CT molecular complexity index is 1030. The van der Waals surface area contributed by atoms with Gasteiger partial charge in [0.05, 0.1) is 11.6 Å². The van der Waals surface area contributed by atoms with Crippen LogP contribution < -0.4 is 5.32 Å². The second-order valence-electron chi connectivity index (χ2n) is 7.06. The number of rotatable bonds is 2. The number of hydrogen-bond acceptors (Lipinski definition) is 1. The van der Waals surface area contributed by atoms with Crippen molar-refractivity contribution >= 4 is 16.9 Å². The van der Waals surface area contributed by atoms with Crippen molar-refractivity contribution in [3.8, 4) is 0 Å². The lowest BCUT2D eigenvalue weighted by Crippen LogP contribution is -2.43. The first kappa shape index (κ1) is 18.4. The molecule has 1 aliphatic rings. The third kappa shape index (κ3) is 3.32. The van der Waals surface area contributed by atoms with E-state index in [1.54, 1.807) is 17.9 Å². The third-order valence-corrected chi connectivity index (χ3v) is 5.24. The topological polar surface area (TPSA) is 48.1 Å². The molecule has 146 valence electrons. The Morgan fingerprint density at radius 1 is 1.14 bits per heavy atom. The van der Waals surface area contributed by atoms with Gasteiger partial charge in [-0.25, -0.2) is 4.79 Å². The predicted octanol–water partition coefficient (Wildman–Crippen LogP) is 5.02. The van der Waals surface area contributed by atoms with Gasteiger partial charge < -0.3 is 15.2 Å². The fraction of sp³-hybridized carbons (Fsp3) is 0.286. The zero-order chi connectivity index (χ0) is 19.9. The van der Waals surface area contributed by atoms with Crippen molar-refractivity contribution in [2.45, 2.75) is 32.1 Å². The number of nitrogens with zero attached hydrogens (tertiary/aromatic N) is 1. The largest absolute Gasteiger partial charge is 0.416 e. The van der Waals surface area contributed by atoms with Crippen LogP contribution in [-0.4, -0.2) is 22.5 Å². The number of aromatic amines is 1. The van der Waals surface area contributed by atoms with Crippen LogP contribution in [0, 0.1) is 0 Å². The molecule has 1 aromatic heterocycles. The summed E-state index contributed by atoms with van der Waals surface area (Å²) in [6.07, 6.45) is -3.77. The molecule has 2 N–H and O–H groups in total. The van der Waals surface area contributed by atoms with E-state index in [0.29, 0.717) is 19.5 Å². The van der Waals surface area contributed by atoms with Crippen LogP contribution in [0.25, 0.3) is 10.9 Å². The molecule has 4 rings (SSSR count). The van der Waals surface area contributed by atoms with Gasteiger partial charge in [0, 0.05) is 41.7 Å². The fourth-order valence-electron chi connectivity index (χ4n) is 3.83. The number of H-pyrrole nitrogens is 1. The average molecular weight is 387 g/mol. The SMILES string of the molecule is C[C@H](NC(=O)N1CCc2[nH]c3ccccc3c2C1)c1ccccc1C(F)(F)F. The van der Waals surface area contributed by atoms with Crippen LogP contribution >= 0.6 is 0 Å². The number of carbonyl (C=O) groups is 1. The summed E-state index contributed by atoms with van der Waals surface area (Å²) in [7, 11) is 0. The number of fused-ring (bicyclic) bond motifs is 3. The third-order valence-electron chi connectivity index (χ3n) is 5.24. The number of nitrogens with one attached hydrogen (secondary N) is 2. The zero-order valence-corrected chi connectivity index (χ0v) is 15.3. The minimum atomic E-state index is -4.46. The molecule has 0 saturated carbocycles. The van der Waals surface area contributed by atoms with Crippen LogP contribution in [0.5, 0.6) is 0 Å². The van der Waals surface area contributed by atoms with Crippen molar-refractivity contribution in [3.05, 3.63) is 70.9 Å². The van der Waals surface area contributed by atoms with Gasteiger partial charge in [-0.05, 0) is 24.6 Å². The van der Waals surface area contributed by atoms with Crippen LogP contribution in [0.1, 0.15) is 35.3 Å². The van der Waals surface area contributed by atoms with Crippen molar-refractivity contribution in [3.63, 3.8) is 0 Å². The van der Waals surface area contributed by atoms with Gasteiger partial charge in [0.25, 0.3) is 0 Å². The maximum absolute atomic E-state index is 13.3. The quantitative estimate of drug-likeness (QED) is 0.638. The molecule has 0 radical (unpaired) electrons. The molecule has 2 aromatic carbocycles. The number of carbonyl (C=O) groups excluding carboxylic acids is 1. The highest BCUT2D eigenvalue weighted by atomic mass is 19.4. The van der Waals surface area contributed by atoms with Gasteiger partial charge in [0.1, 0.15) is 0 Å². The number of aromatic nitrogens is 1. The van der Waals surface area contributed by atoms with Gasteiger partial charge in [0.2, 0.25) is 0 Å². The molecule has 7 heteroatoms. The highest BCUT2D eigenvalue weighted by molar-refractivity contribution is 5.85. The number of benzene rings is 2. The van der Waals surface area contributed by atoms with Crippen LogP contribution in [0.3, 0.4) is 0 Å². The van der Waals surface area contributed by atoms with Crippen molar-refractivity contribution in [2.24, 2.45) is 0 Å². The summed E-state index contributed by atoms with van der Waals surface area (Å²) < 4.78 is 39.8. The Balaban J connectivity index is 1.52. The van der Waals surface area contributed by atoms with Gasteiger partial charge in [0.15, 0.2) is 0 Å². The monoisotopic (exact) mass is 387 g/mol. The van der Waals surface area contributed by atoms with Crippen molar-refractivity contribution in [2.75, 3.05) is 6.54 Å². The van der Waals surface area contributed by atoms with E-state index in [9.17, 15) is 18.0 Å². The molecule has 4 nitrogen and oxygen atoms in total. The smallest absolute Gasteiger partial charge is 0.358 e. The lowest BCUT2D eigenvalue weighted by atomic mass is 10.0. The molecular formula is C21H20F3N3O. The van der Waals surface area contributed by atoms with E-state index in [-0.39, 0.29) is 11.6 Å². The number of para-hydroxylation sites is 1. The van der Waals surface area contributed by atoms with Crippen LogP contribution in [0.2, 0.25) is 0 Å². The predicted molar refractivity (Wildman–Crippen MR) is 101 cm³/mol. The Kier molecular flexibility index (Phi) is 4.53. The van der Waals surface area contributed by atoms with Gasteiger partial charge in [-0.3, -0.25) is 0 Å². The molecule has 1 atom stereocenters. The standard InChI is InChI=1S/C21H20F3N3O/c1-13(14-6-2-4-8-17(14)21(22,23)24)25-20(28)27-11-10-19-16(12-27)15-7-3-5-9-18(15)26-19/h2-9,13,26H,10-12H2,1H3,(H,25,28)/t13-/m0/s1. The molecular weight excluding hydrogens is 367 g/mol. The maximum atomic E-state index is 13.3. The number of amides is 2. The van der Waals surface area contributed by atoms with E-state index in [1.165, 1.54) is 12.1 Å². The molecule has 0 aliphatic carbocycles. The van der Waals surface area contributed by atoms with Crippen LogP contribution in [-0.2, 0) is 19.1 Å². The second-order valence-corrected chi connectivity index (χ2v) is 7.06. The lowest BCUT2D eigenvalue weighted by Gasteiger charge is -2.29. The highest BCUT2D eigenvalue weighted by Crippen LogP contribution is 2.34. The molecule has 1 aliphatic heterocycles. The summed E-state index contributed by atoms with van der Waals surface area (Å²) in [5.41, 5.74) is 2.55. The summed E-state index contributed by atoms with van der Waals surface area (Å²) in [5, 5.41) is 3.80. The summed E-state index contributed by atoms with van der Waals surface area (Å²) in [6, 6.07) is 12.1. The Hall–Kier alpha value is -2.96. The molecule has 0 saturated heterocycles. The molecule has 28 heavy (non-hydrogen) atoms. The van der Waals surface area contributed by atoms with E-state index in [2.05, 4.69) is 10.3 Å². The normalized spacial score (nSPS) is 15.4. The summed E-state index contributed by atoms with van der Waals surface area (Å²) in [4.78, 5) is 17.8. The highest BCUT2D eigenvalue weighted by Gasteiger charge is 2.35. The van der Waals surface area contributed by atoms with Gasteiger partial charge >= 0.3 is 12.2 Å². The van der Waals surface area contributed by atoms with Crippen LogP contribution in [0.15, 0.2) is 48.5 Å². The summed E-state index contributed by atoms with van der Waals surface area (Å²) in [5.74, 6) is 0. The summed E-state index contributed by atoms with van der Waals surface area (Å²) in [6.45, 7) is 2.52. The molecule has 2 heterocycles. The van der Waals surface area contributed by atoms with Gasteiger partial charge in [-0.2, -0.15) is 13.2 Å². The van der Waals surface area contributed by atoms with E-state index in [1.807, 2.05) is 24.3 Å². The van der Waals surface area contributed by atoms with Crippen molar-refractivity contribution in [1.29, 1.82) is 0 Å². The maximum Gasteiger partial charge on any atom is 0.416 e. The fourth-order valence-corrected chi connectivity index (χ4v) is 3.83. The number of urea groups is 1. The van der Waals surface area contributed by atoms with E-state index < -0.39 is 17.8 Å². The molecule has 2 amide bonds. The molecule has 0 bridgehead atoms. The number of halogens is 3. The Morgan fingerprint density at radius 2 is 1.86 bits per heavy atom. The van der Waals surface area contributed by atoms with E-state index in [4.69, 9.17) is 0 Å². The van der Waals surface area contributed by atoms with Crippen molar-refractivity contribution in [1.82, 2.24) is 15.2 Å². The molecule has 0 unspecified atom stereocenters. The Morgan fingerprint density at radius 3 is 2.64 bits per heavy atom. The van der Waals surface area contributed by atoms with E-state index >= 15 is 0 Å². The number of hydrogen-bond donors (Lipinski definition) is 2. The van der Waals surface area contributed by atoms with Gasteiger partial charge in [-0.15, -0.1) is 0 Å². The molecule has 0 fully saturated rings. The van der Waals surface area contributed by atoms with Crippen molar-refractivity contribution < 1.29 is 18.0 Å². The molecule has 0 spiro atoms. The minimum Gasteiger partial charge on any atom is -0.358 e. The first-order chi connectivity index (χ1) is 13.3. The molecule has 3 aromatic rings. The minimum absolute atomic E-state index is 0.0631. The second kappa shape index (κ2) is 6.89.